The standard InChI is InChI=1S/C16H21NO12/c18-4-9-11(20)13(22)15(28-9)26-7-2-1-6(17(24)25)3-8(7)27-16-14(23)12(21)10(5-19)29-16/h1-3,9-16,18-23H,4-5H2/t9-,10-,11-,12-,13+,14+,15+,16+/m0/s1. The van der Waals surface area contributed by atoms with Gasteiger partial charge >= 0.3 is 0 Å². The van der Waals surface area contributed by atoms with Crippen molar-refractivity contribution in [1.29, 1.82) is 0 Å². The molecule has 0 aromatic heterocycles. The first-order chi connectivity index (χ1) is 13.8. The molecule has 2 fully saturated rings. The number of aliphatic hydroxyl groups excluding tert-OH is 6. The summed E-state index contributed by atoms with van der Waals surface area (Å²) in [6.07, 6.45) is -11.1. The lowest BCUT2D eigenvalue weighted by molar-refractivity contribution is -0.385. The smallest absolute Gasteiger partial charge is 0.273 e. The van der Waals surface area contributed by atoms with Crippen molar-refractivity contribution in [2.45, 2.75) is 49.2 Å². The van der Waals surface area contributed by atoms with Crippen LogP contribution in [0.25, 0.3) is 0 Å². The molecule has 0 saturated carbocycles. The minimum Gasteiger partial charge on any atom is -0.458 e. The number of rotatable bonds is 7. The Labute approximate surface area is 163 Å². The highest BCUT2D eigenvalue weighted by Crippen LogP contribution is 2.36. The molecular weight excluding hydrogens is 398 g/mol. The number of non-ortho nitro benzene ring substituents is 1. The van der Waals surface area contributed by atoms with Gasteiger partial charge in [0.05, 0.1) is 24.2 Å². The van der Waals surface area contributed by atoms with Crippen LogP contribution in [0, 0.1) is 10.1 Å². The molecule has 29 heavy (non-hydrogen) atoms. The van der Waals surface area contributed by atoms with E-state index in [-0.39, 0.29) is 17.2 Å². The van der Waals surface area contributed by atoms with Gasteiger partial charge in [0.1, 0.15) is 36.6 Å². The Hall–Kier alpha value is -2.10. The Morgan fingerprint density at radius 3 is 1.76 bits per heavy atom. The summed E-state index contributed by atoms with van der Waals surface area (Å²) in [5.41, 5.74) is -0.389. The topological polar surface area (TPSA) is 201 Å². The number of nitro groups is 1. The van der Waals surface area contributed by atoms with E-state index >= 15 is 0 Å². The second kappa shape index (κ2) is 8.73. The lowest BCUT2D eigenvalue weighted by atomic mass is 10.1. The van der Waals surface area contributed by atoms with E-state index in [2.05, 4.69) is 0 Å². The highest BCUT2D eigenvalue weighted by Gasteiger charge is 2.46. The molecule has 0 spiro atoms. The van der Waals surface area contributed by atoms with Crippen LogP contribution in [0.15, 0.2) is 18.2 Å². The molecule has 13 nitrogen and oxygen atoms in total. The Bertz CT molecular complexity index is 732. The monoisotopic (exact) mass is 419 g/mol. The zero-order valence-electron chi connectivity index (χ0n) is 14.8. The fourth-order valence-corrected chi connectivity index (χ4v) is 2.98. The van der Waals surface area contributed by atoms with Crippen molar-refractivity contribution in [2.75, 3.05) is 13.2 Å². The first kappa shape index (κ1) is 21.6. The third kappa shape index (κ3) is 4.26. The normalized spacial score (nSPS) is 36.9. The zero-order valence-corrected chi connectivity index (χ0v) is 14.8. The Balaban J connectivity index is 1.83. The van der Waals surface area contributed by atoms with Gasteiger partial charge in [0.25, 0.3) is 5.69 Å². The highest BCUT2D eigenvalue weighted by atomic mass is 16.7. The first-order valence-corrected chi connectivity index (χ1v) is 8.63. The predicted octanol–water partition coefficient (Wildman–Crippen LogP) is -2.77. The summed E-state index contributed by atoms with van der Waals surface area (Å²) in [5, 5.41) is 69.0. The third-order valence-electron chi connectivity index (χ3n) is 4.62. The molecule has 0 radical (unpaired) electrons. The molecule has 0 bridgehead atoms. The zero-order chi connectivity index (χ0) is 21.3. The number of hydrogen-bond donors (Lipinski definition) is 6. The molecule has 162 valence electrons. The van der Waals surface area contributed by atoms with Crippen molar-refractivity contribution in [2.24, 2.45) is 0 Å². The molecule has 0 unspecified atom stereocenters. The summed E-state index contributed by atoms with van der Waals surface area (Å²) in [4.78, 5) is 10.4. The van der Waals surface area contributed by atoms with Gasteiger partial charge in [-0.05, 0) is 6.07 Å². The molecule has 0 aliphatic carbocycles. The third-order valence-corrected chi connectivity index (χ3v) is 4.62. The van der Waals surface area contributed by atoms with Crippen molar-refractivity contribution in [1.82, 2.24) is 0 Å². The maximum absolute atomic E-state index is 11.1. The van der Waals surface area contributed by atoms with E-state index in [0.717, 1.165) is 18.2 Å². The van der Waals surface area contributed by atoms with E-state index in [1.54, 1.807) is 0 Å². The van der Waals surface area contributed by atoms with Crippen LogP contribution in [0.3, 0.4) is 0 Å². The fraction of sp³-hybridized carbons (Fsp3) is 0.625. The van der Waals surface area contributed by atoms with Gasteiger partial charge in [-0.1, -0.05) is 0 Å². The summed E-state index contributed by atoms with van der Waals surface area (Å²) in [7, 11) is 0. The molecule has 6 N–H and O–H groups in total. The minimum absolute atomic E-state index is 0.164. The van der Waals surface area contributed by atoms with Crippen LogP contribution in [0.5, 0.6) is 11.5 Å². The maximum Gasteiger partial charge on any atom is 0.273 e. The first-order valence-electron chi connectivity index (χ1n) is 8.63. The van der Waals surface area contributed by atoms with Crippen molar-refractivity contribution < 1.29 is 54.5 Å². The van der Waals surface area contributed by atoms with Crippen LogP contribution in [0.1, 0.15) is 0 Å². The van der Waals surface area contributed by atoms with Crippen molar-refractivity contribution in [3.8, 4) is 11.5 Å². The van der Waals surface area contributed by atoms with Gasteiger partial charge in [0, 0.05) is 6.07 Å². The molecule has 2 heterocycles. The van der Waals surface area contributed by atoms with Crippen LogP contribution >= 0.6 is 0 Å². The van der Waals surface area contributed by atoms with E-state index in [0.29, 0.717) is 0 Å². The molecule has 1 aromatic carbocycles. The Kier molecular flexibility index (Phi) is 6.50. The number of hydrogen-bond acceptors (Lipinski definition) is 12. The Morgan fingerprint density at radius 2 is 1.34 bits per heavy atom. The average Bonchev–Trinajstić information content (AvgIpc) is 3.13. The van der Waals surface area contributed by atoms with Gasteiger partial charge in [0.2, 0.25) is 12.6 Å². The van der Waals surface area contributed by atoms with E-state index in [9.17, 15) is 30.5 Å². The van der Waals surface area contributed by atoms with Crippen LogP contribution < -0.4 is 9.47 Å². The SMILES string of the molecule is O=[N+]([O-])c1ccc(O[C@@H]2O[C@@H](CO)[C@H](O)[C@H]2O)c(O[C@@H]2O[C@@H](CO)[C@H](O)[C@H]2O)c1. The summed E-state index contributed by atoms with van der Waals surface area (Å²) >= 11 is 0. The summed E-state index contributed by atoms with van der Waals surface area (Å²) in [6.45, 7) is -1.18. The lowest BCUT2D eigenvalue weighted by Gasteiger charge is -2.22. The van der Waals surface area contributed by atoms with Gasteiger partial charge in [-0.2, -0.15) is 0 Å². The van der Waals surface area contributed by atoms with Crippen molar-refractivity contribution in [3.05, 3.63) is 28.3 Å². The quantitative estimate of drug-likeness (QED) is 0.196. The summed E-state index contributed by atoms with van der Waals surface area (Å²) < 4.78 is 21.2. The molecule has 0 amide bonds. The number of benzene rings is 1. The molecule has 2 saturated heterocycles. The van der Waals surface area contributed by atoms with Gasteiger partial charge in [-0.3, -0.25) is 10.1 Å². The van der Waals surface area contributed by atoms with Crippen molar-refractivity contribution >= 4 is 5.69 Å². The lowest BCUT2D eigenvalue weighted by Crippen LogP contribution is -2.36. The predicted molar refractivity (Wildman–Crippen MR) is 89.9 cm³/mol. The van der Waals surface area contributed by atoms with Gasteiger partial charge in [-0.15, -0.1) is 0 Å². The molecule has 2 aliphatic heterocycles. The minimum atomic E-state index is -1.56. The van der Waals surface area contributed by atoms with E-state index in [4.69, 9.17) is 29.2 Å². The van der Waals surface area contributed by atoms with Crippen LogP contribution in [0.2, 0.25) is 0 Å². The van der Waals surface area contributed by atoms with Crippen LogP contribution in [-0.2, 0) is 9.47 Å². The summed E-state index contributed by atoms with van der Waals surface area (Å²) in [5.74, 6) is -0.449. The van der Waals surface area contributed by atoms with Gasteiger partial charge in [0.15, 0.2) is 11.5 Å². The van der Waals surface area contributed by atoms with E-state index in [1.807, 2.05) is 0 Å². The summed E-state index contributed by atoms with van der Waals surface area (Å²) in [6, 6.07) is 3.19. The molecule has 3 rings (SSSR count). The number of nitro benzene ring substituents is 1. The van der Waals surface area contributed by atoms with Crippen LogP contribution in [0.4, 0.5) is 5.69 Å². The number of ether oxygens (including phenoxy) is 4. The molecule has 2 aliphatic rings. The number of aliphatic hydroxyl groups is 6. The maximum atomic E-state index is 11.1. The number of nitrogens with zero attached hydrogens (tertiary/aromatic N) is 1. The fourth-order valence-electron chi connectivity index (χ4n) is 2.98. The molecular formula is C16H21NO12. The average molecular weight is 419 g/mol. The van der Waals surface area contributed by atoms with E-state index in [1.165, 1.54) is 0 Å². The largest absolute Gasteiger partial charge is 0.458 e. The highest BCUT2D eigenvalue weighted by molar-refractivity contribution is 5.48. The van der Waals surface area contributed by atoms with Crippen LogP contribution in [-0.4, -0.2) is 98.0 Å². The van der Waals surface area contributed by atoms with Gasteiger partial charge in [-0.25, -0.2) is 0 Å². The Morgan fingerprint density at radius 1 is 0.862 bits per heavy atom. The molecule has 13 heteroatoms. The van der Waals surface area contributed by atoms with E-state index < -0.39 is 67.3 Å². The van der Waals surface area contributed by atoms with Gasteiger partial charge < -0.3 is 49.6 Å². The van der Waals surface area contributed by atoms with Crippen molar-refractivity contribution in [3.63, 3.8) is 0 Å². The second-order valence-electron chi connectivity index (χ2n) is 6.54. The molecule has 1 aromatic rings. The molecule has 8 atom stereocenters. The second-order valence-corrected chi connectivity index (χ2v) is 6.54.